The summed E-state index contributed by atoms with van der Waals surface area (Å²) in [6, 6.07) is 6.07. The number of rotatable bonds is 11. The second-order valence-corrected chi connectivity index (χ2v) is 6.13. The van der Waals surface area contributed by atoms with Crippen LogP contribution >= 0.6 is 0 Å². The number of methoxy groups -OCH3 is 1. The van der Waals surface area contributed by atoms with Crippen LogP contribution in [0.1, 0.15) is 51.2 Å². The van der Waals surface area contributed by atoms with E-state index in [1.165, 1.54) is 19.2 Å². The van der Waals surface area contributed by atoms with Crippen LogP contribution in [-0.4, -0.2) is 41.8 Å². The Kier molecular flexibility index (Phi) is 8.58. The van der Waals surface area contributed by atoms with Crippen LogP contribution in [0, 0.1) is 5.92 Å². The van der Waals surface area contributed by atoms with Gasteiger partial charge in [0.2, 0.25) is 5.60 Å². The van der Waals surface area contributed by atoms with E-state index in [-0.39, 0.29) is 24.4 Å². The molecule has 6 nitrogen and oxygen atoms in total. The molecule has 0 spiro atoms. The Bertz CT molecular complexity index is 541. The molecule has 1 aromatic carbocycles. The normalized spacial score (nSPS) is 15.7. The van der Waals surface area contributed by atoms with Gasteiger partial charge in [-0.25, -0.2) is 4.79 Å². The van der Waals surface area contributed by atoms with Crippen LogP contribution in [0.15, 0.2) is 24.3 Å². The number of esters is 1. The summed E-state index contributed by atoms with van der Waals surface area (Å²) >= 11 is 0. The van der Waals surface area contributed by atoms with Gasteiger partial charge in [0.1, 0.15) is 11.9 Å². The molecule has 1 aromatic rings. The van der Waals surface area contributed by atoms with E-state index in [1.54, 1.807) is 12.1 Å². The molecule has 2 N–H and O–H groups in total. The van der Waals surface area contributed by atoms with E-state index in [2.05, 4.69) is 6.92 Å². The lowest BCUT2D eigenvalue weighted by atomic mass is 9.92. The van der Waals surface area contributed by atoms with Gasteiger partial charge in [0.05, 0.1) is 13.7 Å². The molecule has 0 bridgehead atoms. The third kappa shape index (κ3) is 5.54. The third-order valence-electron chi connectivity index (χ3n) is 4.35. The average Bonchev–Trinajstić information content (AvgIpc) is 2.66. The lowest BCUT2D eigenvalue weighted by Crippen LogP contribution is -2.47. The molecule has 0 aromatic heterocycles. The van der Waals surface area contributed by atoms with Crippen molar-refractivity contribution < 1.29 is 29.3 Å². The van der Waals surface area contributed by atoms with Crippen molar-refractivity contribution in [1.82, 2.24) is 0 Å². The number of aldehydes is 1. The van der Waals surface area contributed by atoms with E-state index in [4.69, 9.17) is 9.47 Å². The molecule has 6 heteroatoms. The van der Waals surface area contributed by atoms with Gasteiger partial charge in [-0.1, -0.05) is 45.2 Å². The fourth-order valence-electron chi connectivity index (χ4n) is 2.47. The van der Waals surface area contributed by atoms with Crippen molar-refractivity contribution in [1.29, 1.82) is 0 Å². The number of hydrogen-bond acceptors (Lipinski definition) is 6. The Morgan fingerprint density at radius 3 is 2.40 bits per heavy atom. The summed E-state index contributed by atoms with van der Waals surface area (Å²) in [5, 5.41) is 20.7. The van der Waals surface area contributed by atoms with E-state index in [1.807, 2.05) is 6.92 Å². The zero-order valence-electron chi connectivity index (χ0n) is 15.1. The molecule has 0 aliphatic rings. The molecule has 3 atom stereocenters. The molecule has 0 aliphatic heterocycles. The van der Waals surface area contributed by atoms with Crippen LogP contribution in [0.5, 0.6) is 5.75 Å². The number of carbonyl (C=O) groups excluding carboxylic acids is 2. The van der Waals surface area contributed by atoms with Crippen molar-refractivity contribution in [3.05, 3.63) is 29.8 Å². The first kappa shape index (κ1) is 21.1. The van der Waals surface area contributed by atoms with Crippen molar-refractivity contribution in [2.24, 2.45) is 5.92 Å². The maximum absolute atomic E-state index is 12.2. The molecular formula is C19H28O6. The first-order valence-electron chi connectivity index (χ1n) is 8.60. The summed E-state index contributed by atoms with van der Waals surface area (Å²) in [6.45, 7) is 4.18. The lowest BCUT2D eigenvalue weighted by molar-refractivity contribution is -0.179. The predicted molar refractivity (Wildman–Crippen MR) is 93.2 cm³/mol. The van der Waals surface area contributed by atoms with Crippen molar-refractivity contribution in [2.45, 2.75) is 51.2 Å². The van der Waals surface area contributed by atoms with Crippen molar-refractivity contribution in [3.63, 3.8) is 0 Å². The molecule has 0 saturated carbocycles. The van der Waals surface area contributed by atoms with Gasteiger partial charge in [-0.15, -0.1) is 0 Å². The van der Waals surface area contributed by atoms with E-state index >= 15 is 0 Å². The fraction of sp³-hybridized carbons (Fsp3) is 0.579. The van der Waals surface area contributed by atoms with Gasteiger partial charge in [-0.05, 0) is 30.0 Å². The fourth-order valence-corrected chi connectivity index (χ4v) is 2.47. The van der Waals surface area contributed by atoms with Crippen LogP contribution in [0.3, 0.4) is 0 Å². The standard InChI is InChI=1S/C19H28O6/c1-4-6-7-14(5-2)12-25-18(22)19(23,13-20)17(21)15-8-10-16(24-3)11-9-15/h8-11,13-14,17,21,23H,4-7,12H2,1-3H3/t14?,17?,19-/m0/s1. The van der Waals surface area contributed by atoms with Gasteiger partial charge in [0.15, 0.2) is 6.29 Å². The van der Waals surface area contributed by atoms with Crippen LogP contribution in [0.2, 0.25) is 0 Å². The van der Waals surface area contributed by atoms with Crippen LogP contribution in [0.25, 0.3) is 0 Å². The minimum atomic E-state index is -2.64. The molecule has 2 unspecified atom stereocenters. The Morgan fingerprint density at radius 1 is 1.28 bits per heavy atom. The molecule has 0 radical (unpaired) electrons. The summed E-state index contributed by atoms with van der Waals surface area (Å²) in [4.78, 5) is 23.6. The summed E-state index contributed by atoms with van der Waals surface area (Å²) in [5.41, 5.74) is -2.43. The third-order valence-corrected chi connectivity index (χ3v) is 4.35. The maximum Gasteiger partial charge on any atom is 0.348 e. The van der Waals surface area contributed by atoms with Gasteiger partial charge in [-0.2, -0.15) is 0 Å². The smallest absolute Gasteiger partial charge is 0.348 e. The quantitative estimate of drug-likeness (QED) is 0.361. The lowest BCUT2D eigenvalue weighted by Gasteiger charge is -2.26. The molecule has 1 rings (SSSR count). The number of aliphatic hydroxyl groups excluding tert-OH is 1. The van der Waals surface area contributed by atoms with Gasteiger partial charge in [-0.3, -0.25) is 4.79 Å². The minimum Gasteiger partial charge on any atom is -0.497 e. The zero-order valence-corrected chi connectivity index (χ0v) is 15.1. The van der Waals surface area contributed by atoms with Crippen LogP contribution < -0.4 is 4.74 Å². The summed E-state index contributed by atoms with van der Waals surface area (Å²) in [5.74, 6) is -0.423. The van der Waals surface area contributed by atoms with Crippen molar-refractivity contribution in [2.75, 3.05) is 13.7 Å². The van der Waals surface area contributed by atoms with Crippen molar-refractivity contribution in [3.8, 4) is 5.75 Å². The molecule has 0 heterocycles. The van der Waals surface area contributed by atoms with Gasteiger partial charge >= 0.3 is 5.97 Å². The maximum atomic E-state index is 12.2. The number of hydrogen-bond donors (Lipinski definition) is 2. The van der Waals surface area contributed by atoms with E-state index < -0.39 is 17.7 Å². The second kappa shape index (κ2) is 10.2. The largest absolute Gasteiger partial charge is 0.497 e. The number of ether oxygens (including phenoxy) is 2. The monoisotopic (exact) mass is 352 g/mol. The SMILES string of the molecule is CCCCC(CC)COC(=O)[C@](O)(C=O)C(O)c1ccc(OC)cc1. The molecule has 140 valence electrons. The first-order chi connectivity index (χ1) is 11.9. The molecule has 0 aliphatic carbocycles. The summed E-state index contributed by atoms with van der Waals surface area (Å²) in [6.07, 6.45) is 2.09. The topological polar surface area (TPSA) is 93.1 Å². The molecule has 0 saturated heterocycles. The van der Waals surface area contributed by atoms with Gasteiger partial charge < -0.3 is 19.7 Å². The Morgan fingerprint density at radius 2 is 1.92 bits per heavy atom. The van der Waals surface area contributed by atoms with Crippen molar-refractivity contribution >= 4 is 12.3 Å². The van der Waals surface area contributed by atoms with E-state index in [0.29, 0.717) is 5.75 Å². The van der Waals surface area contributed by atoms with Gasteiger partial charge in [0.25, 0.3) is 0 Å². The predicted octanol–water partition coefficient (Wildman–Crippen LogP) is 2.42. The Labute approximate surface area is 148 Å². The molecular weight excluding hydrogens is 324 g/mol. The first-order valence-corrected chi connectivity index (χ1v) is 8.60. The summed E-state index contributed by atoms with van der Waals surface area (Å²) < 4.78 is 10.1. The minimum absolute atomic E-state index is 0.0250. The zero-order chi connectivity index (χ0) is 18.9. The highest BCUT2D eigenvalue weighted by Crippen LogP contribution is 2.28. The number of benzene rings is 1. The van der Waals surface area contributed by atoms with E-state index in [9.17, 15) is 19.8 Å². The number of unbranched alkanes of at least 4 members (excludes halogenated alkanes) is 1. The molecule has 0 amide bonds. The van der Waals surface area contributed by atoms with E-state index in [0.717, 1.165) is 25.7 Å². The number of aliphatic hydroxyl groups is 2. The highest BCUT2D eigenvalue weighted by molar-refractivity contribution is 5.97. The highest BCUT2D eigenvalue weighted by Gasteiger charge is 2.46. The number of carbonyl (C=O) groups is 2. The highest BCUT2D eigenvalue weighted by atomic mass is 16.6. The summed E-state index contributed by atoms with van der Waals surface area (Å²) in [7, 11) is 1.49. The Hall–Kier alpha value is -1.92. The van der Waals surface area contributed by atoms with Crippen LogP contribution in [0.4, 0.5) is 0 Å². The molecule has 0 fully saturated rings. The second-order valence-electron chi connectivity index (χ2n) is 6.13. The molecule has 25 heavy (non-hydrogen) atoms. The van der Waals surface area contributed by atoms with Gasteiger partial charge in [0, 0.05) is 0 Å². The van der Waals surface area contributed by atoms with Crippen LogP contribution in [-0.2, 0) is 14.3 Å². The average molecular weight is 352 g/mol. The Balaban J connectivity index is 2.80.